The zero-order valence-electron chi connectivity index (χ0n) is 11.6. The normalized spacial score (nSPS) is 11.3. The smallest absolute Gasteiger partial charge is 0.339 e. The highest BCUT2D eigenvalue weighted by molar-refractivity contribution is 7.14. The van der Waals surface area contributed by atoms with E-state index in [4.69, 9.17) is 10.00 Å². The van der Waals surface area contributed by atoms with Crippen LogP contribution in [0.3, 0.4) is 0 Å². The summed E-state index contributed by atoms with van der Waals surface area (Å²) < 4.78 is 5.04. The second kappa shape index (κ2) is 6.74. The highest BCUT2D eigenvalue weighted by Crippen LogP contribution is 2.22. The Balaban J connectivity index is 2.00. The molecule has 0 spiro atoms. The Morgan fingerprint density at radius 1 is 1.41 bits per heavy atom. The van der Waals surface area contributed by atoms with Crippen LogP contribution < -0.4 is 5.32 Å². The van der Waals surface area contributed by atoms with Gasteiger partial charge in [0, 0.05) is 0 Å². The summed E-state index contributed by atoms with van der Waals surface area (Å²) in [5.74, 6) is -1.32. The molecule has 0 saturated heterocycles. The molecular formula is C15H12N2O4S. The van der Waals surface area contributed by atoms with Crippen molar-refractivity contribution in [2.45, 2.75) is 13.0 Å². The summed E-state index contributed by atoms with van der Waals surface area (Å²) in [6.45, 7) is 1.43. The SMILES string of the molecule is CC(OC(=O)c1cccc(O)c1)C(=O)Nc1sccc1C#N. The van der Waals surface area contributed by atoms with Gasteiger partial charge in [0.1, 0.15) is 16.8 Å². The number of ether oxygens (including phenoxy) is 1. The van der Waals surface area contributed by atoms with Gasteiger partial charge in [-0.3, -0.25) is 4.79 Å². The van der Waals surface area contributed by atoms with Gasteiger partial charge in [0.25, 0.3) is 5.91 Å². The maximum Gasteiger partial charge on any atom is 0.339 e. The predicted molar refractivity (Wildman–Crippen MR) is 80.6 cm³/mol. The van der Waals surface area contributed by atoms with Gasteiger partial charge < -0.3 is 15.2 Å². The molecule has 1 aromatic heterocycles. The third kappa shape index (κ3) is 3.62. The van der Waals surface area contributed by atoms with E-state index in [1.165, 1.54) is 42.5 Å². The molecule has 0 aliphatic heterocycles. The fraction of sp³-hybridized carbons (Fsp3) is 0.133. The van der Waals surface area contributed by atoms with Crippen molar-refractivity contribution in [1.82, 2.24) is 0 Å². The van der Waals surface area contributed by atoms with E-state index in [1.807, 2.05) is 6.07 Å². The van der Waals surface area contributed by atoms with Crippen LogP contribution in [0.2, 0.25) is 0 Å². The maximum absolute atomic E-state index is 12.0. The Labute approximate surface area is 130 Å². The van der Waals surface area contributed by atoms with Gasteiger partial charge in [-0.05, 0) is 36.6 Å². The van der Waals surface area contributed by atoms with Crippen molar-refractivity contribution < 1.29 is 19.4 Å². The van der Waals surface area contributed by atoms with Gasteiger partial charge in [-0.15, -0.1) is 11.3 Å². The lowest BCUT2D eigenvalue weighted by molar-refractivity contribution is -0.123. The summed E-state index contributed by atoms with van der Waals surface area (Å²) in [6.07, 6.45) is -1.04. The molecule has 2 aromatic rings. The van der Waals surface area contributed by atoms with Crippen molar-refractivity contribution in [2.24, 2.45) is 0 Å². The van der Waals surface area contributed by atoms with Crippen LogP contribution in [0.4, 0.5) is 5.00 Å². The molecule has 1 aromatic carbocycles. The summed E-state index contributed by atoms with van der Waals surface area (Å²) in [7, 11) is 0. The van der Waals surface area contributed by atoms with Gasteiger partial charge in [0.2, 0.25) is 0 Å². The van der Waals surface area contributed by atoms with E-state index in [-0.39, 0.29) is 11.3 Å². The van der Waals surface area contributed by atoms with Crippen LogP contribution in [-0.2, 0) is 9.53 Å². The van der Waals surface area contributed by atoms with Crippen molar-refractivity contribution in [3.63, 3.8) is 0 Å². The first-order valence-electron chi connectivity index (χ1n) is 6.29. The van der Waals surface area contributed by atoms with Gasteiger partial charge in [-0.2, -0.15) is 5.26 Å². The number of hydrogen-bond donors (Lipinski definition) is 2. The molecule has 1 heterocycles. The van der Waals surface area contributed by atoms with E-state index in [1.54, 1.807) is 11.4 Å². The van der Waals surface area contributed by atoms with Crippen LogP contribution in [0.5, 0.6) is 5.75 Å². The topological polar surface area (TPSA) is 99.4 Å². The minimum absolute atomic E-state index is 0.0659. The number of esters is 1. The maximum atomic E-state index is 12.0. The predicted octanol–water partition coefficient (Wildman–Crippen LogP) is 2.51. The Hall–Kier alpha value is -2.85. The number of hydrogen-bond acceptors (Lipinski definition) is 6. The molecule has 1 amide bonds. The number of phenolic OH excluding ortho intramolecular Hbond substituents is 1. The molecule has 0 bridgehead atoms. The lowest BCUT2D eigenvalue weighted by Crippen LogP contribution is -2.29. The number of nitrogens with zero attached hydrogens (tertiary/aromatic N) is 1. The first kappa shape index (κ1) is 15.5. The third-order valence-electron chi connectivity index (χ3n) is 2.76. The number of rotatable bonds is 4. The van der Waals surface area contributed by atoms with Crippen LogP contribution in [0.1, 0.15) is 22.8 Å². The van der Waals surface area contributed by atoms with Crippen LogP contribution in [0.25, 0.3) is 0 Å². The van der Waals surface area contributed by atoms with Crippen molar-refractivity contribution in [2.75, 3.05) is 5.32 Å². The molecule has 2 rings (SSSR count). The molecule has 0 aliphatic carbocycles. The van der Waals surface area contributed by atoms with Crippen LogP contribution in [0, 0.1) is 11.3 Å². The molecule has 2 N–H and O–H groups in total. The van der Waals surface area contributed by atoms with Gasteiger partial charge >= 0.3 is 5.97 Å². The Kier molecular flexibility index (Phi) is 4.76. The first-order chi connectivity index (χ1) is 10.5. The van der Waals surface area contributed by atoms with E-state index < -0.39 is 18.0 Å². The van der Waals surface area contributed by atoms with Gasteiger partial charge in [-0.1, -0.05) is 6.07 Å². The summed E-state index contributed by atoms with van der Waals surface area (Å²) in [6, 6.07) is 9.19. The molecule has 7 heteroatoms. The molecule has 1 unspecified atom stereocenters. The van der Waals surface area contributed by atoms with Crippen molar-refractivity contribution in [3.8, 4) is 11.8 Å². The van der Waals surface area contributed by atoms with E-state index in [9.17, 15) is 14.7 Å². The number of benzene rings is 1. The number of nitriles is 1. The minimum Gasteiger partial charge on any atom is -0.508 e. The second-order valence-corrected chi connectivity index (χ2v) is 5.28. The summed E-state index contributed by atoms with van der Waals surface area (Å²) in [5.41, 5.74) is 0.498. The number of anilines is 1. The molecule has 112 valence electrons. The molecule has 6 nitrogen and oxygen atoms in total. The second-order valence-electron chi connectivity index (χ2n) is 4.36. The lowest BCUT2D eigenvalue weighted by atomic mass is 10.2. The molecule has 0 fully saturated rings. The van der Waals surface area contributed by atoms with Crippen molar-refractivity contribution in [3.05, 3.63) is 46.8 Å². The molecule has 1 atom stereocenters. The standard InChI is InChI=1S/C15H12N2O4S/c1-9(13(19)17-14-11(8-16)5-6-22-14)21-15(20)10-3-2-4-12(18)7-10/h2-7,9,18H,1H3,(H,17,19). The number of carbonyl (C=O) groups excluding carboxylic acids is 2. The van der Waals surface area contributed by atoms with Crippen LogP contribution in [-0.4, -0.2) is 23.1 Å². The van der Waals surface area contributed by atoms with Crippen LogP contribution >= 0.6 is 11.3 Å². The average molecular weight is 316 g/mol. The summed E-state index contributed by atoms with van der Waals surface area (Å²) in [4.78, 5) is 23.8. The molecule has 22 heavy (non-hydrogen) atoms. The zero-order valence-corrected chi connectivity index (χ0v) is 12.4. The first-order valence-corrected chi connectivity index (χ1v) is 7.17. The van der Waals surface area contributed by atoms with Crippen LogP contribution in [0.15, 0.2) is 35.7 Å². The van der Waals surface area contributed by atoms with E-state index >= 15 is 0 Å². The fourth-order valence-corrected chi connectivity index (χ4v) is 2.36. The number of amides is 1. The summed E-state index contributed by atoms with van der Waals surface area (Å²) in [5, 5.41) is 22.8. The van der Waals surface area contributed by atoms with E-state index in [0.717, 1.165) is 0 Å². The number of phenols is 1. The van der Waals surface area contributed by atoms with Crippen molar-refractivity contribution in [1.29, 1.82) is 5.26 Å². The Morgan fingerprint density at radius 3 is 2.86 bits per heavy atom. The highest BCUT2D eigenvalue weighted by atomic mass is 32.1. The van der Waals surface area contributed by atoms with Gasteiger partial charge in [0.15, 0.2) is 6.10 Å². The number of carbonyl (C=O) groups is 2. The lowest BCUT2D eigenvalue weighted by Gasteiger charge is -2.13. The van der Waals surface area contributed by atoms with Gasteiger partial charge in [-0.25, -0.2) is 4.79 Å². The van der Waals surface area contributed by atoms with E-state index in [0.29, 0.717) is 10.6 Å². The van der Waals surface area contributed by atoms with Crippen molar-refractivity contribution >= 4 is 28.2 Å². The van der Waals surface area contributed by atoms with E-state index in [2.05, 4.69) is 5.32 Å². The number of thiophene rings is 1. The quantitative estimate of drug-likeness (QED) is 0.844. The Morgan fingerprint density at radius 2 is 2.18 bits per heavy atom. The zero-order chi connectivity index (χ0) is 16.1. The molecule has 0 saturated carbocycles. The third-order valence-corrected chi connectivity index (χ3v) is 3.59. The highest BCUT2D eigenvalue weighted by Gasteiger charge is 2.20. The molecule has 0 radical (unpaired) electrons. The minimum atomic E-state index is -1.04. The van der Waals surface area contributed by atoms with Gasteiger partial charge in [0.05, 0.1) is 11.1 Å². The molecule has 0 aliphatic rings. The average Bonchev–Trinajstić information content (AvgIpc) is 2.94. The Bertz CT molecular complexity index is 748. The molecular weight excluding hydrogens is 304 g/mol. The fourth-order valence-electron chi connectivity index (χ4n) is 1.62. The monoisotopic (exact) mass is 316 g/mol. The number of aromatic hydroxyl groups is 1. The largest absolute Gasteiger partial charge is 0.508 e. The number of nitrogens with one attached hydrogen (secondary N) is 1. The summed E-state index contributed by atoms with van der Waals surface area (Å²) >= 11 is 1.21.